The van der Waals surface area contributed by atoms with Crippen molar-refractivity contribution >= 4 is 11.6 Å². The molecule has 0 radical (unpaired) electrons. The third-order valence-electron chi connectivity index (χ3n) is 3.81. The van der Waals surface area contributed by atoms with Gasteiger partial charge in [-0.05, 0) is 57.2 Å². The van der Waals surface area contributed by atoms with Crippen molar-refractivity contribution in [2.75, 3.05) is 6.61 Å². The number of ether oxygens (including phenoxy) is 2. The van der Waals surface area contributed by atoms with Crippen molar-refractivity contribution in [1.29, 1.82) is 0 Å². The Morgan fingerprint density at radius 1 is 1.50 bits per heavy atom. The van der Waals surface area contributed by atoms with E-state index in [4.69, 9.17) is 26.8 Å². The molecule has 2 N–H and O–H groups in total. The van der Waals surface area contributed by atoms with Gasteiger partial charge in [-0.15, -0.1) is 0 Å². The van der Waals surface area contributed by atoms with E-state index in [9.17, 15) is 0 Å². The molecule has 1 heterocycles. The summed E-state index contributed by atoms with van der Waals surface area (Å²) < 4.78 is 11.5. The van der Waals surface area contributed by atoms with Crippen LogP contribution in [0.25, 0.3) is 0 Å². The van der Waals surface area contributed by atoms with E-state index in [0.717, 1.165) is 31.6 Å². The first-order valence-corrected chi connectivity index (χ1v) is 7.82. The van der Waals surface area contributed by atoms with Crippen LogP contribution in [-0.2, 0) is 4.74 Å². The Balaban J connectivity index is 1.69. The lowest BCUT2D eigenvalue weighted by Crippen LogP contribution is -2.36. The molecule has 0 aromatic heterocycles. The maximum Gasteiger partial charge on any atom is 0.121 e. The van der Waals surface area contributed by atoms with E-state index in [1.165, 1.54) is 12.8 Å². The second-order valence-corrected chi connectivity index (χ2v) is 5.95. The Morgan fingerprint density at radius 3 is 3.05 bits per heavy atom. The van der Waals surface area contributed by atoms with Crippen LogP contribution in [0.2, 0.25) is 5.02 Å². The molecular formula is C16H24ClNO2. The zero-order valence-electron chi connectivity index (χ0n) is 12.1. The molecule has 2 rings (SSSR count). The van der Waals surface area contributed by atoms with Crippen LogP contribution in [0.3, 0.4) is 0 Å². The number of benzene rings is 1. The summed E-state index contributed by atoms with van der Waals surface area (Å²) in [6.45, 7) is 2.93. The molecule has 0 amide bonds. The van der Waals surface area contributed by atoms with Gasteiger partial charge in [0.15, 0.2) is 0 Å². The molecule has 0 spiro atoms. The molecule has 3 atom stereocenters. The number of halogens is 1. The Labute approximate surface area is 126 Å². The van der Waals surface area contributed by atoms with Crippen molar-refractivity contribution in [1.82, 2.24) is 0 Å². The van der Waals surface area contributed by atoms with Crippen molar-refractivity contribution in [3.63, 3.8) is 0 Å². The monoisotopic (exact) mass is 297 g/mol. The van der Waals surface area contributed by atoms with Gasteiger partial charge in [-0.3, -0.25) is 0 Å². The van der Waals surface area contributed by atoms with Gasteiger partial charge < -0.3 is 15.2 Å². The highest BCUT2D eigenvalue weighted by Crippen LogP contribution is 2.21. The molecule has 1 aromatic carbocycles. The lowest BCUT2D eigenvalue weighted by atomic mass is 10.0. The predicted molar refractivity (Wildman–Crippen MR) is 82.3 cm³/mol. The van der Waals surface area contributed by atoms with Crippen LogP contribution in [0.15, 0.2) is 24.3 Å². The van der Waals surface area contributed by atoms with Gasteiger partial charge in [0.05, 0.1) is 6.10 Å². The maximum absolute atomic E-state index is 6.19. The van der Waals surface area contributed by atoms with E-state index in [2.05, 4.69) is 0 Å². The number of hydrogen-bond acceptors (Lipinski definition) is 3. The van der Waals surface area contributed by atoms with E-state index >= 15 is 0 Å². The molecule has 0 aliphatic carbocycles. The van der Waals surface area contributed by atoms with E-state index in [0.29, 0.717) is 11.1 Å². The van der Waals surface area contributed by atoms with Gasteiger partial charge >= 0.3 is 0 Å². The summed E-state index contributed by atoms with van der Waals surface area (Å²) in [5.41, 5.74) is 6.19. The Bertz CT molecular complexity index is 407. The van der Waals surface area contributed by atoms with Crippen molar-refractivity contribution in [2.45, 2.75) is 57.3 Å². The van der Waals surface area contributed by atoms with Gasteiger partial charge in [-0.1, -0.05) is 17.7 Å². The Hall–Kier alpha value is -0.770. The van der Waals surface area contributed by atoms with E-state index in [1.54, 1.807) is 0 Å². The van der Waals surface area contributed by atoms with Crippen LogP contribution in [0.4, 0.5) is 0 Å². The zero-order valence-corrected chi connectivity index (χ0v) is 12.8. The zero-order chi connectivity index (χ0) is 14.4. The lowest BCUT2D eigenvalue weighted by Gasteiger charge is -2.22. The first-order valence-electron chi connectivity index (χ1n) is 7.44. The average Bonchev–Trinajstić information content (AvgIpc) is 2.91. The van der Waals surface area contributed by atoms with Gasteiger partial charge in [-0.25, -0.2) is 0 Å². The molecule has 4 heteroatoms. The summed E-state index contributed by atoms with van der Waals surface area (Å²) >= 11 is 5.94. The fourth-order valence-corrected chi connectivity index (χ4v) is 2.71. The summed E-state index contributed by atoms with van der Waals surface area (Å²) in [4.78, 5) is 0. The highest BCUT2D eigenvalue weighted by molar-refractivity contribution is 6.30. The fraction of sp³-hybridized carbons (Fsp3) is 0.625. The van der Waals surface area contributed by atoms with E-state index < -0.39 is 0 Å². The van der Waals surface area contributed by atoms with Crippen molar-refractivity contribution in [3.8, 4) is 5.75 Å². The highest BCUT2D eigenvalue weighted by Gasteiger charge is 2.18. The first kappa shape index (κ1) is 15.6. The van der Waals surface area contributed by atoms with E-state index in [1.807, 2.05) is 31.2 Å². The summed E-state index contributed by atoms with van der Waals surface area (Å²) in [5.74, 6) is 0.777. The molecule has 20 heavy (non-hydrogen) atoms. The summed E-state index contributed by atoms with van der Waals surface area (Å²) in [6, 6.07) is 7.47. The first-order chi connectivity index (χ1) is 9.65. The SMILES string of the molecule is CC(Oc1cccc(Cl)c1)C(N)CCCC1CCCO1. The fourth-order valence-electron chi connectivity index (χ4n) is 2.53. The minimum absolute atomic E-state index is 0.0158. The van der Waals surface area contributed by atoms with Crippen LogP contribution >= 0.6 is 11.6 Å². The molecule has 112 valence electrons. The molecular weight excluding hydrogens is 274 g/mol. The van der Waals surface area contributed by atoms with Gasteiger partial charge in [0.2, 0.25) is 0 Å². The summed E-state index contributed by atoms with van der Waals surface area (Å²) in [7, 11) is 0. The average molecular weight is 298 g/mol. The van der Waals surface area contributed by atoms with E-state index in [-0.39, 0.29) is 12.1 Å². The van der Waals surface area contributed by atoms with Gasteiger partial charge in [0.1, 0.15) is 11.9 Å². The molecule has 3 nitrogen and oxygen atoms in total. The molecule has 1 aliphatic rings. The quantitative estimate of drug-likeness (QED) is 0.833. The van der Waals surface area contributed by atoms with Crippen LogP contribution < -0.4 is 10.5 Å². The Morgan fingerprint density at radius 2 is 2.35 bits per heavy atom. The second-order valence-electron chi connectivity index (χ2n) is 5.51. The highest BCUT2D eigenvalue weighted by atomic mass is 35.5. The van der Waals surface area contributed by atoms with Crippen molar-refractivity contribution in [2.24, 2.45) is 5.73 Å². The normalized spacial score (nSPS) is 21.6. The molecule has 1 saturated heterocycles. The molecule has 1 aliphatic heterocycles. The summed E-state index contributed by atoms with van der Waals surface area (Å²) in [6.07, 6.45) is 5.99. The van der Waals surface area contributed by atoms with Crippen molar-refractivity contribution < 1.29 is 9.47 Å². The number of nitrogens with two attached hydrogens (primary N) is 1. The second kappa shape index (κ2) is 7.87. The molecule has 1 fully saturated rings. The van der Waals surface area contributed by atoms with Gasteiger partial charge in [-0.2, -0.15) is 0 Å². The van der Waals surface area contributed by atoms with Crippen LogP contribution in [0, 0.1) is 0 Å². The number of rotatable bonds is 7. The van der Waals surface area contributed by atoms with Gasteiger partial charge in [0, 0.05) is 17.7 Å². The maximum atomic E-state index is 6.19. The predicted octanol–water partition coefficient (Wildman–Crippen LogP) is 3.78. The standard InChI is InChI=1S/C16H24ClNO2/c1-12(20-15-7-2-5-13(17)11-15)16(18)9-3-6-14-8-4-10-19-14/h2,5,7,11-12,14,16H,3-4,6,8-10,18H2,1H3. The van der Waals surface area contributed by atoms with Crippen molar-refractivity contribution in [3.05, 3.63) is 29.3 Å². The molecule has 0 bridgehead atoms. The van der Waals surface area contributed by atoms with Crippen LogP contribution in [0.5, 0.6) is 5.75 Å². The number of hydrogen-bond donors (Lipinski definition) is 1. The smallest absolute Gasteiger partial charge is 0.121 e. The largest absolute Gasteiger partial charge is 0.489 e. The topological polar surface area (TPSA) is 44.5 Å². The van der Waals surface area contributed by atoms with Crippen LogP contribution in [0.1, 0.15) is 39.0 Å². The minimum atomic E-state index is -0.0158. The lowest BCUT2D eigenvalue weighted by molar-refractivity contribution is 0.0993. The molecule has 0 saturated carbocycles. The Kier molecular flexibility index (Phi) is 6.14. The third kappa shape index (κ3) is 4.97. The molecule has 1 aromatic rings. The summed E-state index contributed by atoms with van der Waals surface area (Å²) in [5, 5.41) is 0.682. The third-order valence-corrected chi connectivity index (χ3v) is 4.04. The van der Waals surface area contributed by atoms with Crippen LogP contribution in [-0.4, -0.2) is 24.9 Å². The molecule has 3 unspecified atom stereocenters. The minimum Gasteiger partial charge on any atom is -0.489 e. The van der Waals surface area contributed by atoms with Gasteiger partial charge in [0.25, 0.3) is 0 Å².